The zero-order valence-corrected chi connectivity index (χ0v) is 13.3. The van der Waals surface area contributed by atoms with Gasteiger partial charge in [-0.25, -0.2) is 0 Å². The quantitative estimate of drug-likeness (QED) is 0.851. The Labute approximate surface area is 128 Å². The molecule has 0 aliphatic carbocycles. The molecule has 0 fully saturated rings. The van der Waals surface area contributed by atoms with Gasteiger partial charge in [-0.1, -0.05) is 0 Å². The molecular weight excluding hydrogens is 284 g/mol. The number of amides is 1. The van der Waals surface area contributed by atoms with E-state index in [1.54, 1.807) is 11.9 Å². The maximum Gasteiger partial charge on any atom is 0.222 e. The lowest BCUT2D eigenvalue weighted by Crippen LogP contribution is -2.26. The van der Waals surface area contributed by atoms with Gasteiger partial charge in [0.25, 0.3) is 0 Å². The molecule has 0 bridgehead atoms. The average Bonchev–Trinajstić information content (AvgIpc) is 3.05. The number of carbonyl (C=O) groups is 1. The molecule has 0 aliphatic rings. The van der Waals surface area contributed by atoms with Crippen molar-refractivity contribution in [2.45, 2.75) is 26.3 Å². The molecule has 0 aliphatic heterocycles. The fourth-order valence-electron chi connectivity index (χ4n) is 2.07. The molecule has 0 aromatic carbocycles. The van der Waals surface area contributed by atoms with Gasteiger partial charge in [-0.15, -0.1) is 11.3 Å². The second-order valence-corrected chi connectivity index (χ2v) is 6.04. The third-order valence-electron chi connectivity index (χ3n) is 3.55. The van der Waals surface area contributed by atoms with Crippen LogP contribution in [0.3, 0.4) is 0 Å². The van der Waals surface area contributed by atoms with E-state index in [4.69, 9.17) is 5.26 Å². The lowest BCUT2D eigenvalue weighted by Gasteiger charge is -2.16. The van der Waals surface area contributed by atoms with Crippen molar-refractivity contribution < 1.29 is 4.79 Å². The fraction of sp³-hybridized carbons (Fsp3) is 0.400. The summed E-state index contributed by atoms with van der Waals surface area (Å²) in [5, 5.41) is 14.8. The lowest BCUT2D eigenvalue weighted by molar-refractivity contribution is -0.130. The number of nitrogens with zero attached hydrogens (tertiary/aromatic N) is 4. The number of aromatic nitrogens is 2. The standard InChI is InChI=1S/C15H18N4OS/c1-11-13(8-17-19(11)3)4-5-15(20)18(2)9-14-6-12(7-16)10-21-14/h6,8,10H,4-5,9H2,1-3H3. The predicted molar refractivity (Wildman–Crippen MR) is 81.8 cm³/mol. The largest absolute Gasteiger partial charge is 0.341 e. The maximum absolute atomic E-state index is 12.2. The van der Waals surface area contributed by atoms with Crippen LogP contribution in [0.25, 0.3) is 0 Å². The number of hydrogen-bond donors (Lipinski definition) is 0. The van der Waals surface area contributed by atoms with Crippen LogP contribution < -0.4 is 0 Å². The van der Waals surface area contributed by atoms with Crippen LogP contribution in [0.5, 0.6) is 0 Å². The Morgan fingerprint density at radius 1 is 1.57 bits per heavy atom. The van der Waals surface area contributed by atoms with Gasteiger partial charge in [-0.2, -0.15) is 10.4 Å². The first-order valence-corrected chi connectivity index (χ1v) is 7.58. The third-order valence-corrected chi connectivity index (χ3v) is 4.47. The minimum absolute atomic E-state index is 0.102. The fourth-order valence-corrected chi connectivity index (χ4v) is 2.93. The highest BCUT2D eigenvalue weighted by Crippen LogP contribution is 2.16. The van der Waals surface area contributed by atoms with Crippen LogP contribution in [0.1, 0.15) is 28.1 Å². The Hall–Kier alpha value is -2.13. The molecule has 2 aromatic rings. The highest BCUT2D eigenvalue weighted by molar-refractivity contribution is 7.10. The SMILES string of the molecule is Cc1c(CCC(=O)N(C)Cc2cc(C#N)cs2)cnn1C. The molecule has 0 saturated carbocycles. The Balaban J connectivity index is 1.88. The maximum atomic E-state index is 12.2. The minimum atomic E-state index is 0.102. The molecule has 110 valence electrons. The van der Waals surface area contributed by atoms with Gasteiger partial charge in [0.05, 0.1) is 18.3 Å². The first kappa shape index (κ1) is 15.3. The van der Waals surface area contributed by atoms with Crippen LogP contribution in [-0.2, 0) is 24.8 Å². The number of carbonyl (C=O) groups excluding carboxylic acids is 1. The molecular formula is C15H18N4OS. The Kier molecular flexibility index (Phi) is 4.76. The molecule has 0 radical (unpaired) electrons. The number of aryl methyl sites for hydroxylation is 2. The summed E-state index contributed by atoms with van der Waals surface area (Å²) < 4.78 is 1.82. The summed E-state index contributed by atoms with van der Waals surface area (Å²) in [6.45, 7) is 2.56. The van der Waals surface area contributed by atoms with Crippen LogP contribution >= 0.6 is 11.3 Å². The first-order valence-electron chi connectivity index (χ1n) is 6.70. The summed E-state index contributed by atoms with van der Waals surface area (Å²) >= 11 is 1.51. The molecule has 0 saturated heterocycles. The summed E-state index contributed by atoms with van der Waals surface area (Å²) in [7, 11) is 3.69. The molecule has 2 aromatic heterocycles. The molecule has 5 nitrogen and oxygen atoms in total. The van der Waals surface area contributed by atoms with E-state index in [0.717, 1.165) is 16.1 Å². The van der Waals surface area contributed by atoms with E-state index in [9.17, 15) is 4.79 Å². The van der Waals surface area contributed by atoms with E-state index < -0.39 is 0 Å². The molecule has 21 heavy (non-hydrogen) atoms. The molecule has 6 heteroatoms. The topological polar surface area (TPSA) is 61.9 Å². The molecule has 1 amide bonds. The normalized spacial score (nSPS) is 10.4. The number of rotatable bonds is 5. The molecule has 0 atom stereocenters. The summed E-state index contributed by atoms with van der Waals surface area (Å²) in [5.74, 6) is 0.102. The summed E-state index contributed by atoms with van der Waals surface area (Å²) in [5.41, 5.74) is 2.87. The van der Waals surface area contributed by atoms with E-state index in [1.807, 2.05) is 36.3 Å². The van der Waals surface area contributed by atoms with Gasteiger partial charge < -0.3 is 4.90 Å². The second-order valence-electron chi connectivity index (χ2n) is 5.04. The van der Waals surface area contributed by atoms with E-state index in [-0.39, 0.29) is 5.91 Å². The van der Waals surface area contributed by atoms with Gasteiger partial charge in [0, 0.05) is 36.5 Å². The smallest absolute Gasteiger partial charge is 0.222 e. The molecule has 0 unspecified atom stereocenters. The Bertz CT molecular complexity index is 680. The zero-order chi connectivity index (χ0) is 15.4. The van der Waals surface area contributed by atoms with Gasteiger partial charge in [0.2, 0.25) is 5.91 Å². The summed E-state index contributed by atoms with van der Waals surface area (Å²) in [6, 6.07) is 3.94. The van der Waals surface area contributed by atoms with Crippen LogP contribution in [0.15, 0.2) is 17.6 Å². The van der Waals surface area contributed by atoms with E-state index in [0.29, 0.717) is 24.9 Å². The van der Waals surface area contributed by atoms with Gasteiger partial charge in [-0.3, -0.25) is 9.48 Å². The first-order chi connectivity index (χ1) is 10.0. The average molecular weight is 302 g/mol. The van der Waals surface area contributed by atoms with Crippen LogP contribution in [-0.4, -0.2) is 27.6 Å². The number of hydrogen-bond acceptors (Lipinski definition) is 4. The van der Waals surface area contributed by atoms with E-state index >= 15 is 0 Å². The molecule has 2 heterocycles. The Morgan fingerprint density at radius 2 is 2.33 bits per heavy atom. The van der Waals surface area contributed by atoms with Crippen molar-refractivity contribution in [2.75, 3.05) is 7.05 Å². The van der Waals surface area contributed by atoms with Crippen molar-refractivity contribution in [3.8, 4) is 6.07 Å². The van der Waals surface area contributed by atoms with Crippen LogP contribution in [0.4, 0.5) is 0 Å². The van der Waals surface area contributed by atoms with Crippen molar-refractivity contribution in [3.05, 3.63) is 39.3 Å². The van der Waals surface area contributed by atoms with Crippen molar-refractivity contribution in [1.82, 2.24) is 14.7 Å². The van der Waals surface area contributed by atoms with E-state index in [1.165, 1.54) is 11.3 Å². The predicted octanol–water partition coefficient (Wildman–Crippen LogP) is 2.25. The van der Waals surface area contributed by atoms with Crippen molar-refractivity contribution in [1.29, 1.82) is 5.26 Å². The second kappa shape index (κ2) is 6.55. The monoisotopic (exact) mass is 302 g/mol. The third kappa shape index (κ3) is 3.70. The minimum Gasteiger partial charge on any atom is -0.341 e. The molecule has 2 rings (SSSR count). The van der Waals surface area contributed by atoms with Gasteiger partial charge in [-0.05, 0) is 25.0 Å². The highest BCUT2D eigenvalue weighted by atomic mass is 32.1. The van der Waals surface area contributed by atoms with Gasteiger partial charge in [0.1, 0.15) is 6.07 Å². The molecule has 0 spiro atoms. The zero-order valence-electron chi connectivity index (χ0n) is 12.5. The highest BCUT2D eigenvalue weighted by Gasteiger charge is 2.12. The Morgan fingerprint density at radius 3 is 2.90 bits per heavy atom. The van der Waals surface area contributed by atoms with Crippen molar-refractivity contribution in [3.63, 3.8) is 0 Å². The van der Waals surface area contributed by atoms with Crippen molar-refractivity contribution >= 4 is 17.2 Å². The number of nitriles is 1. The van der Waals surface area contributed by atoms with Gasteiger partial charge >= 0.3 is 0 Å². The summed E-state index contributed by atoms with van der Waals surface area (Å²) in [4.78, 5) is 14.9. The summed E-state index contributed by atoms with van der Waals surface area (Å²) in [6.07, 6.45) is 3.00. The number of thiophene rings is 1. The van der Waals surface area contributed by atoms with Gasteiger partial charge in [0.15, 0.2) is 0 Å². The molecule has 0 N–H and O–H groups in total. The van der Waals surface area contributed by atoms with Crippen LogP contribution in [0, 0.1) is 18.3 Å². The van der Waals surface area contributed by atoms with Crippen molar-refractivity contribution in [2.24, 2.45) is 7.05 Å². The van der Waals surface area contributed by atoms with E-state index in [2.05, 4.69) is 11.2 Å². The van der Waals surface area contributed by atoms with Crippen LogP contribution in [0.2, 0.25) is 0 Å². The lowest BCUT2D eigenvalue weighted by atomic mass is 10.1.